The van der Waals surface area contributed by atoms with Crippen LogP contribution in [0.5, 0.6) is 11.6 Å². The van der Waals surface area contributed by atoms with Crippen molar-refractivity contribution in [2.45, 2.75) is 6.61 Å². The van der Waals surface area contributed by atoms with Crippen LogP contribution in [0.2, 0.25) is 0 Å². The Balaban J connectivity index is 2.31. The van der Waals surface area contributed by atoms with Gasteiger partial charge in [-0.1, -0.05) is 0 Å². The predicted molar refractivity (Wildman–Crippen MR) is 63.3 cm³/mol. The van der Waals surface area contributed by atoms with E-state index in [0.29, 0.717) is 5.56 Å². The molecule has 98 valence electrons. The first-order chi connectivity index (χ1) is 9.11. The van der Waals surface area contributed by atoms with Crippen molar-refractivity contribution in [1.29, 1.82) is 0 Å². The Morgan fingerprint density at radius 1 is 1.42 bits per heavy atom. The highest BCUT2D eigenvalue weighted by Gasteiger charge is 2.13. The summed E-state index contributed by atoms with van der Waals surface area (Å²) in [6.45, 7) is -0.308. The first-order valence-electron chi connectivity index (χ1n) is 5.28. The Morgan fingerprint density at radius 3 is 2.84 bits per heavy atom. The fourth-order valence-electron chi connectivity index (χ4n) is 1.43. The number of aromatic nitrogens is 1. The maximum Gasteiger partial charge on any atom is 0.272 e. The number of nitro groups is 1. The number of rotatable bonds is 4. The molecule has 0 atom stereocenters. The highest BCUT2D eigenvalue weighted by Crippen LogP contribution is 2.28. The van der Waals surface area contributed by atoms with Crippen LogP contribution in [0.25, 0.3) is 0 Å². The Labute approximate surface area is 107 Å². The van der Waals surface area contributed by atoms with Crippen molar-refractivity contribution in [2.24, 2.45) is 0 Å². The van der Waals surface area contributed by atoms with Crippen LogP contribution in [0.15, 0.2) is 36.5 Å². The second-order valence-electron chi connectivity index (χ2n) is 3.60. The smallest absolute Gasteiger partial charge is 0.272 e. The van der Waals surface area contributed by atoms with Gasteiger partial charge in [-0.2, -0.15) is 0 Å². The van der Waals surface area contributed by atoms with Crippen LogP contribution in [0.4, 0.5) is 10.1 Å². The zero-order valence-electron chi connectivity index (χ0n) is 9.62. The summed E-state index contributed by atoms with van der Waals surface area (Å²) >= 11 is 0. The molecule has 1 aromatic carbocycles. The maximum absolute atomic E-state index is 13.6. The van der Waals surface area contributed by atoms with Crippen molar-refractivity contribution >= 4 is 5.69 Å². The molecule has 2 rings (SSSR count). The topological polar surface area (TPSA) is 85.5 Å². The number of aliphatic hydroxyl groups is 1. The van der Waals surface area contributed by atoms with Crippen molar-refractivity contribution in [3.63, 3.8) is 0 Å². The first kappa shape index (κ1) is 12.9. The molecule has 7 heteroatoms. The Kier molecular flexibility index (Phi) is 3.67. The number of pyridine rings is 1. The minimum atomic E-state index is -0.872. The minimum Gasteiger partial charge on any atom is -0.436 e. The van der Waals surface area contributed by atoms with Gasteiger partial charge in [-0.25, -0.2) is 9.37 Å². The van der Waals surface area contributed by atoms with Gasteiger partial charge in [0.1, 0.15) is 0 Å². The number of aliphatic hydroxyl groups excluding tert-OH is 1. The van der Waals surface area contributed by atoms with Gasteiger partial charge in [0.25, 0.3) is 5.69 Å². The van der Waals surface area contributed by atoms with Gasteiger partial charge < -0.3 is 9.84 Å². The van der Waals surface area contributed by atoms with Crippen LogP contribution in [0, 0.1) is 15.9 Å². The fourth-order valence-corrected chi connectivity index (χ4v) is 1.43. The zero-order chi connectivity index (χ0) is 13.8. The quantitative estimate of drug-likeness (QED) is 0.677. The number of benzene rings is 1. The molecule has 0 aliphatic carbocycles. The Morgan fingerprint density at radius 2 is 2.21 bits per heavy atom. The molecule has 0 saturated carbocycles. The normalized spacial score (nSPS) is 10.2. The SMILES string of the molecule is O=[N+]([O-])c1ccc(Oc2ncccc2CO)c(F)c1. The van der Waals surface area contributed by atoms with E-state index in [-0.39, 0.29) is 23.9 Å². The second kappa shape index (κ2) is 5.40. The summed E-state index contributed by atoms with van der Waals surface area (Å²) in [6, 6.07) is 6.20. The largest absolute Gasteiger partial charge is 0.436 e. The third-order valence-corrected chi connectivity index (χ3v) is 2.35. The number of nitrogens with zero attached hydrogens (tertiary/aromatic N) is 2. The standard InChI is InChI=1S/C12H9FN2O4/c13-10-6-9(15(17)18)3-4-11(10)19-12-8(7-16)2-1-5-14-12/h1-6,16H,7H2. The second-order valence-corrected chi connectivity index (χ2v) is 3.60. The fraction of sp³-hybridized carbons (Fsp3) is 0.0833. The number of halogens is 1. The third-order valence-electron chi connectivity index (χ3n) is 2.35. The average Bonchev–Trinajstić information content (AvgIpc) is 2.41. The van der Waals surface area contributed by atoms with Gasteiger partial charge in [0.15, 0.2) is 11.6 Å². The van der Waals surface area contributed by atoms with Crippen LogP contribution in [-0.2, 0) is 6.61 Å². The van der Waals surface area contributed by atoms with Gasteiger partial charge in [-0.15, -0.1) is 0 Å². The lowest BCUT2D eigenvalue weighted by molar-refractivity contribution is -0.385. The molecule has 19 heavy (non-hydrogen) atoms. The maximum atomic E-state index is 13.6. The lowest BCUT2D eigenvalue weighted by Crippen LogP contribution is -1.97. The highest BCUT2D eigenvalue weighted by atomic mass is 19.1. The summed E-state index contributed by atoms with van der Waals surface area (Å²) in [6.07, 6.45) is 1.43. The molecule has 0 spiro atoms. The Hall–Kier alpha value is -2.54. The first-order valence-corrected chi connectivity index (χ1v) is 5.28. The van der Waals surface area contributed by atoms with Crippen LogP contribution >= 0.6 is 0 Å². The predicted octanol–water partition coefficient (Wildman–Crippen LogP) is 2.41. The summed E-state index contributed by atoms with van der Waals surface area (Å²) in [5.41, 5.74) is 0.0218. The third kappa shape index (κ3) is 2.83. The summed E-state index contributed by atoms with van der Waals surface area (Å²) in [5.74, 6) is -1.01. The monoisotopic (exact) mass is 264 g/mol. The van der Waals surface area contributed by atoms with Crippen molar-refractivity contribution in [3.05, 3.63) is 58.0 Å². The number of hydrogen-bond donors (Lipinski definition) is 1. The van der Waals surface area contributed by atoms with E-state index in [1.54, 1.807) is 12.1 Å². The van der Waals surface area contributed by atoms with Crippen molar-refractivity contribution in [1.82, 2.24) is 4.98 Å². The van der Waals surface area contributed by atoms with Crippen molar-refractivity contribution < 1.29 is 19.2 Å². The summed E-state index contributed by atoms with van der Waals surface area (Å²) < 4.78 is 18.8. The summed E-state index contributed by atoms with van der Waals surface area (Å²) in [4.78, 5) is 13.6. The number of hydrogen-bond acceptors (Lipinski definition) is 5. The van der Waals surface area contributed by atoms with Crippen LogP contribution in [0.1, 0.15) is 5.56 Å². The molecule has 1 N–H and O–H groups in total. The highest BCUT2D eigenvalue weighted by molar-refractivity contribution is 5.40. The Bertz CT molecular complexity index is 618. The molecule has 0 unspecified atom stereocenters. The minimum absolute atomic E-state index is 0.0535. The average molecular weight is 264 g/mol. The molecule has 2 aromatic rings. The molecule has 0 fully saturated rings. The van der Waals surface area contributed by atoms with E-state index in [1.165, 1.54) is 6.20 Å². The van der Waals surface area contributed by atoms with Crippen LogP contribution in [0.3, 0.4) is 0 Å². The molecule has 6 nitrogen and oxygen atoms in total. The molecule has 0 aliphatic heterocycles. The molecular formula is C12H9FN2O4. The molecule has 0 radical (unpaired) electrons. The number of nitro benzene ring substituents is 1. The van der Waals surface area contributed by atoms with Crippen LogP contribution in [-0.4, -0.2) is 15.0 Å². The number of ether oxygens (including phenoxy) is 1. The molecule has 0 amide bonds. The molecule has 0 aliphatic rings. The van der Waals surface area contributed by atoms with Crippen LogP contribution < -0.4 is 4.74 Å². The summed E-state index contributed by atoms with van der Waals surface area (Å²) in [5, 5.41) is 19.6. The zero-order valence-corrected chi connectivity index (χ0v) is 9.62. The lowest BCUT2D eigenvalue weighted by Gasteiger charge is -2.08. The van der Waals surface area contributed by atoms with E-state index >= 15 is 0 Å². The van der Waals surface area contributed by atoms with E-state index in [1.807, 2.05) is 0 Å². The van der Waals surface area contributed by atoms with Gasteiger partial charge in [0.05, 0.1) is 17.6 Å². The lowest BCUT2D eigenvalue weighted by atomic mass is 10.2. The number of non-ortho nitro benzene ring substituents is 1. The van der Waals surface area contributed by atoms with Gasteiger partial charge in [0.2, 0.25) is 5.88 Å². The van der Waals surface area contributed by atoms with E-state index in [2.05, 4.69) is 4.98 Å². The molecule has 0 saturated heterocycles. The molecular weight excluding hydrogens is 255 g/mol. The van der Waals surface area contributed by atoms with Gasteiger partial charge >= 0.3 is 0 Å². The van der Waals surface area contributed by atoms with Gasteiger partial charge in [-0.3, -0.25) is 10.1 Å². The summed E-state index contributed by atoms with van der Waals surface area (Å²) in [7, 11) is 0. The van der Waals surface area contributed by atoms with E-state index in [9.17, 15) is 14.5 Å². The molecule has 1 aromatic heterocycles. The molecule has 1 heterocycles. The van der Waals surface area contributed by atoms with E-state index in [0.717, 1.165) is 18.2 Å². The van der Waals surface area contributed by atoms with E-state index in [4.69, 9.17) is 9.84 Å². The van der Waals surface area contributed by atoms with Gasteiger partial charge in [0, 0.05) is 17.8 Å². The molecule has 0 bridgehead atoms. The van der Waals surface area contributed by atoms with Crippen molar-refractivity contribution in [3.8, 4) is 11.6 Å². The van der Waals surface area contributed by atoms with E-state index < -0.39 is 10.7 Å². The van der Waals surface area contributed by atoms with Gasteiger partial charge in [-0.05, 0) is 18.2 Å². The van der Waals surface area contributed by atoms with Crippen molar-refractivity contribution in [2.75, 3.05) is 0 Å².